The monoisotopic (exact) mass is 479 g/mol. The zero-order valence-corrected chi connectivity index (χ0v) is 18.0. The van der Waals surface area contributed by atoms with Gasteiger partial charge in [-0.15, -0.1) is 0 Å². The second-order valence-electron chi connectivity index (χ2n) is 7.01. The largest absolute Gasteiger partial charge is 0.488 e. The summed E-state index contributed by atoms with van der Waals surface area (Å²) in [6.45, 7) is 0.0648. The smallest absolute Gasteiger partial charge is 0.363 e. The van der Waals surface area contributed by atoms with E-state index < -0.39 is 15.8 Å². The van der Waals surface area contributed by atoms with Crippen LogP contribution in [0.25, 0.3) is 6.08 Å². The first-order valence-electron chi connectivity index (χ1n) is 9.74. The van der Waals surface area contributed by atoms with Gasteiger partial charge in [0.25, 0.3) is 11.4 Å². The van der Waals surface area contributed by atoms with Gasteiger partial charge in [-0.2, -0.15) is 0 Å². The van der Waals surface area contributed by atoms with E-state index in [1.165, 1.54) is 36.4 Å². The van der Waals surface area contributed by atoms with Crippen LogP contribution in [0, 0.1) is 20.2 Å². The minimum Gasteiger partial charge on any atom is -0.488 e. The maximum Gasteiger partial charge on any atom is 0.363 e. The SMILES string of the molecule is O=C1OC(c2ccc(Cl)c([N+](=O)[O-])c2)=N/C1=C\c1ccccc1OCc1cccc([N+](=O)[O-])c1. The number of benzene rings is 3. The van der Waals surface area contributed by atoms with E-state index in [4.69, 9.17) is 21.1 Å². The van der Waals surface area contributed by atoms with Gasteiger partial charge in [0.05, 0.1) is 9.85 Å². The van der Waals surface area contributed by atoms with Gasteiger partial charge < -0.3 is 9.47 Å². The number of hydrogen-bond donors (Lipinski definition) is 0. The van der Waals surface area contributed by atoms with Crippen LogP contribution in [-0.4, -0.2) is 21.7 Å². The van der Waals surface area contributed by atoms with E-state index in [1.807, 2.05) is 0 Å². The van der Waals surface area contributed by atoms with Crippen molar-refractivity contribution >= 4 is 40.9 Å². The predicted octanol–water partition coefficient (Wildman–Crippen LogP) is 5.08. The van der Waals surface area contributed by atoms with Crippen molar-refractivity contribution in [3.63, 3.8) is 0 Å². The second-order valence-corrected chi connectivity index (χ2v) is 7.42. The Morgan fingerprint density at radius 3 is 2.56 bits per heavy atom. The number of non-ortho nitro benzene ring substituents is 1. The number of nitro groups is 2. The molecule has 0 aromatic heterocycles. The van der Waals surface area contributed by atoms with Crippen molar-refractivity contribution < 1.29 is 24.1 Å². The first kappa shape index (κ1) is 22.6. The number of para-hydroxylation sites is 1. The minimum absolute atomic E-state index is 0.0287. The lowest BCUT2D eigenvalue weighted by Gasteiger charge is -2.09. The Morgan fingerprint density at radius 1 is 1.00 bits per heavy atom. The van der Waals surface area contributed by atoms with Gasteiger partial charge >= 0.3 is 5.97 Å². The summed E-state index contributed by atoms with van der Waals surface area (Å²) < 4.78 is 11.0. The summed E-state index contributed by atoms with van der Waals surface area (Å²) in [6.07, 6.45) is 1.46. The van der Waals surface area contributed by atoms with E-state index in [9.17, 15) is 25.0 Å². The molecule has 1 heterocycles. The number of esters is 1. The third-order valence-corrected chi connectivity index (χ3v) is 5.06. The number of nitrogens with zero attached hydrogens (tertiary/aromatic N) is 3. The Hall–Kier alpha value is -4.57. The second kappa shape index (κ2) is 9.51. The van der Waals surface area contributed by atoms with E-state index in [0.29, 0.717) is 16.9 Å². The molecule has 0 aliphatic carbocycles. The highest BCUT2D eigenvalue weighted by molar-refractivity contribution is 6.32. The van der Waals surface area contributed by atoms with Crippen LogP contribution in [-0.2, 0) is 16.1 Å². The van der Waals surface area contributed by atoms with E-state index in [1.54, 1.807) is 36.4 Å². The van der Waals surface area contributed by atoms with Gasteiger partial charge in [-0.1, -0.05) is 41.9 Å². The number of ether oxygens (including phenoxy) is 2. The molecule has 1 aliphatic heterocycles. The molecule has 4 rings (SSSR count). The number of cyclic esters (lactones) is 1. The highest BCUT2D eigenvalue weighted by atomic mass is 35.5. The predicted molar refractivity (Wildman–Crippen MR) is 123 cm³/mol. The lowest BCUT2D eigenvalue weighted by atomic mass is 10.1. The van der Waals surface area contributed by atoms with Crippen LogP contribution in [0.4, 0.5) is 11.4 Å². The lowest BCUT2D eigenvalue weighted by molar-refractivity contribution is -0.385. The molecule has 0 saturated heterocycles. The van der Waals surface area contributed by atoms with Gasteiger partial charge in [0.1, 0.15) is 17.4 Å². The summed E-state index contributed by atoms with van der Waals surface area (Å²) in [5.41, 5.74) is 0.931. The fourth-order valence-electron chi connectivity index (χ4n) is 3.12. The molecule has 0 saturated carbocycles. The molecule has 10 nitrogen and oxygen atoms in total. The van der Waals surface area contributed by atoms with Crippen molar-refractivity contribution in [3.05, 3.63) is 114 Å². The number of carbonyl (C=O) groups excluding carboxylic acids is 1. The molecule has 170 valence electrons. The maximum atomic E-state index is 12.4. The summed E-state index contributed by atoms with van der Waals surface area (Å²) in [6, 6.07) is 16.9. The van der Waals surface area contributed by atoms with Gasteiger partial charge in [-0.05, 0) is 29.8 Å². The van der Waals surface area contributed by atoms with Crippen molar-refractivity contribution in [1.82, 2.24) is 0 Å². The van der Waals surface area contributed by atoms with Gasteiger partial charge in [-0.3, -0.25) is 20.2 Å². The van der Waals surface area contributed by atoms with Crippen molar-refractivity contribution in [2.75, 3.05) is 0 Å². The van der Waals surface area contributed by atoms with Crippen LogP contribution in [0.15, 0.2) is 77.4 Å². The normalized spacial score (nSPS) is 14.0. The molecule has 0 unspecified atom stereocenters. The molecule has 1 aliphatic rings. The van der Waals surface area contributed by atoms with Crippen LogP contribution in [0.5, 0.6) is 5.75 Å². The molecular weight excluding hydrogens is 466 g/mol. The first-order chi connectivity index (χ1) is 16.3. The number of hydrogen-bond acceptors (Lipinski definition) is 8. The van der Waals surface area contributed by atoms with E-state index >= 15 is 0 Å². The van der Waals surface area contributed by atoms with Crippen LogP contribution in [0.1, 0.15) is 16.7 Å². The molecule has 0 amide bonds. The van der Waals surface area contributed by atoms with Crippen LogP contribution < -0.4 is 4.74 Å². The molecule has 0 atom stereocenters. The Bertz CT molecular complexity index is 1380. The van der Waals surface area contributed by atoms with Crippen molar-refractivity contribution in [1.29, 1.82) is 0 Å². The average molecular weight is 480 g/mol. The number of rotatable bonds is 7. The van der Waals surface area contributed by atoms with Crippen LogP contribution in [0.3, 0.4) is 0 Å². The third kappa shape index (κ3) is 4.92. The topological polar surface area (TPSA) is 134 Å². The zero-order chi connectivity index (χ0) is 24.2. The molecule has 0 bridgehead atoms. The molecule has 11 heteroatoms. The van der Waals surface area contributed by atoms with E-state index in [-0.39, 0.29) is 40.2 Å². The highest BCUT2D eigenvalue weighted by Gasteiger charge is 2.26. The molecular formula is C23H14ClN3O7. The third-order valence-electron chi connectivity index (χ3n) is 4.74. The maximum absolute atomic E-state index is 12.4. The number of carbonyl (C=O) groups is 1. The fraction of sp³-hybridized carbons (Fsp3) is 0.0435. The molecule has 3 aromatic rings. The van der Waals surface area contributed by atoms with E-state index in [2.05, 4.69) is 4.99 Å². The standard InChI is InChI=1S/C23H14ClN3O7/c24-18-9-8-16(12-20(18)27(31)32)22-25-19(23(28)34-22)11-15-5-1-2-7-21(15)33-13-14-4-3-6-17(10-14)26(29)30/h1-12H,13H2/b19-11-. The number of aliphatic imine (C=N–C) groups is 1. The molecule has 3 aromatic carbocycles. The molecule has 0 fully saturated rings. The number of halogens is 1. The van der Waals surface area contributed by atoms with Gasteiger partial charge in [-0.25, -0.2) is 9.79 Å². The van der Waals surface area contributed by atoms with Gasteiger partial charge in [0.15, 0.2) is 5.70 Å². The summed E-state index contributed by atoms with van der Waals surface area (Å²) in [4.78, 5) is 37.5. The highest BCUT2D eigenvalue weighted by Crippen LogP contribution is 2.29. The quantitative estimate of drug-likeness (QED) is 0.199. The summed E-state index contributed by atoms with van der Waals surface area (Å²) >= 11 is 5.83. The van der Waals surface area contributed by atoms with Gasteiger partial charge in [0, 0.05) is 29.3 Å². The molecule has 0 radical (unpaired) electrons. The van der Waals surface area contributed by atoms with Crippen molar-refractivity contribution in [2.24, 2.45) is 4.99 Å². The zero-order valence-electron chi connectivity index (χ0n) is 17.2. The lowest BCUT2D eigenvalue weighted by Crippen LogP contribution is -2.06. The first-order valence-corrected chi connectivity index (χ1v) is 10.1. The van der Waals surface area contributed by atoms with Gasteiger partial charge in [0.2, 0.25) is 5.90 Å². The Balaban J connectivity index is 1.59. The van der Waals surface area contributed by atoms with Crippen molar-refractivity contribution in [2.45, 2.75) is 6.61 Å². The number of nitro benzene ring substituents is 2. The Morgan fingerprint density at radius 2 is 1.79 bits per heavy atom. The molecule has 0 N–H and O–H groups in total. The summed E-state index contributed by atoms with van der Waals surface area (Å²) in [5.74, 6) is -0.410. The van der Waals surface area contributed by atoms with Crippen molar-refractivity contribution in [3.8, 4) is 5.75 Å². The summed E-state index contributed by atoms with van der Waals surface area (Å²) in [7, 11) is 0. The minimum atomic E-state index is -0.735. The van der Waals surface area contributed by atoms with Crippen LogP contribution in [0.2, 0.25) is 5.02 Å². The molecule has 34 heavy (non-hydrogen) atoms. The average Bonchev–Trinajstić information content (AvgIpc) is 3.18. The Labute approximate surface area is 197 Å². The summed E-state index contributed by atoms with van der Waals surface area (Å²) in [5, 5.41) is 22.0. The molecule has 0 spiro atoms. The Kier molecular flexibility index (Phi) is 6.33. The fourth-order valence-corrected chi connectivity index (χ4v) is 3.30. The van der Waals surface area contributed by atoms with E-state index in [0.717, 1.165) is 0 Å². The van der Waals surface area contributed by atoms with Crippen LogP contribution >= 0.6 is 11.6 Å².